The lowest BCUT2D eigenvalue weighted by Crippen LogP contribution is -2.38. The van der Waals surface area contributed by atoms with E-state index in [0.717, 1.165) is 27.6 Å². The third-order valence-corrected chi connectivity index (χ3v) is 7.30. The highest BCUT2D eigenvalue weighted by Crippen LogP contribution is 2.34. The molecule has 1 unspecified atom stereocenters. The Morgan fingerprint density at radius 1 is 0.970 bits per heavy atom. The molecule has 0 aliphatic heterocycles. The second kappa shape index (κ2) is 9.79. The molecule has 0 spiro atoms. The van der Waals surface area contributed by atoms with Gasteiger partial charge in [0.1, 0.15) is 0 Å². The van der Waals surface area contributed by atoms with E-state index in [0.29, 0.717) is 5.02 Å². The standard InChI is InChI=1S/C25H24ClN3O3S/c1-17-10-12-18(13-11-17)33(31,32)29-16-25(30)28-15-21(19-6-2-4-8-23(19)26)22-14-27-24-9-5-3-7-20(22)24/h2-14,21,27,29H,15-16H2,1H3,(H,28,30). The normalized spacial score (nSPS) is 12.5. The van der Waals surface area contributed by atoms with Gasteiger partial charge in [0.15, 0.2) is 0 Å². The second-order valence-electron chi connectivity index (χ2n) is 7.81. The molecule has 170 valence electrons. The predicted octanol–water partition coefficient (Wildman–Crippen LogP) is 4.36. The van der Waals surface area contributed by atoms with Crippen molar-refractivity contribution in [2.45, 2.75) is 17.7 Å². The topological polar surface area (TPSA) is 91.1 Å². The highest BCUT2D eigenvalue weighted by Gasteiger charge is 2.22. The van der Waals surface area contributed by atoms with Gasteiger partial charge in [-0.2, -0.15) is 0 Å². The Bertz CT molecular complexity index is 1380. The quantitative estimate of drug-likeness (QED) is 0.349. The number of carbonyl (C=O) groups is 1. The molecule has 0 fully saturated rings. The van der Waals surface area contributed by atoms with Gasteiger partial charge in [-0.1, -0.05) is 65.7 Å². The monoisotopic (exact) mass is 481 g/mol. The number of carbonyl (C=O) groups excluding carboxylic acids is 1. The number of halogens is 1. The van der Waals surface area contributed by atoms with Crippen LogP contribution in [0.5, 0.6) is 0 Å². The molecule has 3 aromatic carbocycles. The van der Waals surface area contributed by atoms with Crippen LogP contribution in [0.4, 0.5) is 0 Å². The lowest BCUT2D eigenvalue weighted by atomic mass is 9.90. The Morgan fingerprint density at radius 3 is 2.42 bits per heavy atom. The van der Waals surface area contributed by atoms with Crippen molar-refractivity contribution in [1.29, 1.82) is 0 Å². The number of rotatable bonds is 8. The van der Waals surface area contributed by atoms with Crippen LogP contribution in [0.15, 0.2) is 83.9 Å². The summed E-state index contributed by atoms with van der Waals surface area (Å²) < 4.78 is 27.3. The number of amides is 1. The van der Waals surface area contributed by atoms with Gasteiger partial charge in [-0.25, -0.2) is 13.1 Å². The van der Waals surface area contributed by atoms with Gasteiger partial charge in [-0.15, -0.1) is 0 Å². The van der Waals surface area contributed by atoms with Crippen LogP contribution in [-0.4, -0.2) is 32.4 Å². The fourth-order valence-electron chi connectivity index (χ4n) is 3.77. The summed E-state index contributed by atoms with van der Waals surface area (Å²) >= 11 is 6.49. The fraction of sp³-hybridized carbons (Fsp3) is 0.160. The molecule has 4 rings (SSSR count). The summed E-state index contributed by atoms with van der Waals surface area (Å²) in [6.45, 7) is 1.77. The molecule has 0 radical (unpaired) electrons. The van der Waals surface area contributed by atoms with E-state index in [-0.39, 0.29) is 23.9 Å². The predicted molar refractivity (Wildman–Crippen MR) is 131 cm³/mol. The summed E-state index contributed by atoms with van der Waals surface area (Å²) in [5, 5.41) is 4.49. The van der Waals surface area contributed by atoms with Crippen molar-refractivity contribution < 1.29 is 13.2 Å². The molecule has 0 aliphatic carbocycles. The average molecular weight is 482 g/mol. The number of benzene rings is 3. The molecule has 0 aliphatic rings. The lowest BCUT2D eigenvalue weighted by molar-refractivity contribution is -0.119. The highest BCUT2D eigenvalue weighted by molar-refractivity contribution is 7.89. The number of aromatic amines is 1. The fourth-order valence-corrected chi connectivity index (χ4v) is 5.02. The van der Waals surface area contributed by atoms with E-state index in [1.54, 1.807) is 12.1 Å². The maximum atomic E-state index is 12.6. The van der Waals surface area contributed by atoms with Gasteiger partial charge >= 0.3 is 0 Å². The van der Waals surface area contributed by atoms with Crippen LogP contribution < -0.4 is 10.0 Å². The third kappa shape index (κ3) is 5.27. The summed E-state index contributed by atoms with van der Waals surface area (Å²) in [5.41, 5.74) is 3.82. The summed E-state index contributed by atoms with van der Waals surface area (Å²) in [5.74, 6) is -0.643. The molecule has 1 aromatic heterocycles. The highest BCUT2D eigenvalue weighted by atomic mass is 35.5. The molecule has 1 heterocycles. The Hall–Kier alpha value is -3.13. The molecule has 4 aromatic rings. The number of hydrogen-bond donors (Lipinski definition) is 3. The van der Waals surface area contributed by atoms with Crippen molar-refractivity contribution in [2.75, 3.05) is 13.1 Å². The SMILES string of the molecule is Cc1ccc(S(=O)(=O)NCC(=O)NCC(c2ccccc2Cl)c2c[nH]c3ccccc23)cc1. The first-order chi connectivity index (χ1) is 15.8. The maximum Gasteiger partial charge on any atom is 0.241 e. The maximum absolute atomic E-state index is 12.6. The van der Waals surface area contributed by atoms with Crippen molar-refractivity contribution in [1.82, 2.24) is 15.0 Å². The number of fused-ring (bicyclic) bond motifs is 1. The van der Waals surface area contributed by atoms with Crippen LogP contribution in [0, 0.1) is 6.92 Å². The molecule has 8 heteroatoms. The smallest absolute Gasteiger partial charge is 0.241 e. The van der Waals surface area contributed by atoms with Gasteiger partial charge in [-0.3, -0.25) is 4.79 Å². The number of aryl methyl sites for hydroxylation is 1. The van der Waals surface area contributed by atoms with Gasteiger partial charge in [0, 0.05) is 34.6 Å². The van der Waals surface area contributed by atoms with Gasteiger partial charge in [-0.05, 0) is 42.3 Å². The zero-order chi connectivity index (χ0) is 23.4. The van der Waals surface area contributed by atoms with Crippen LogP contribution in [0.25, 0.3) is 10.9 Å². The summed E-state index contributed by atoms with van der Waals surface area (Å²) in [7, 11) is -3.78. The largest absolute Gasteiger partial charge is 0.361 e. The van der Waals surface area contributed by atoms with Crippen LogP contribution in [0.1, 0.15) is 22.6 Å². The Balaban J connectivity index is 1.50. The van der Waals surface area contributed by atoms with E-state index < -0.39 is 15.9 Å². The molecule has 1 amide bonds. The number of hydrogen-bond acceptors (Lipinski definition) is 3. The third-order valence-electron chi connectivity index (χ3n) is 5.53. The van der Waals surface area contributed by atoms with Gasteiger partial charge in [0.05, 0.1) is 11.4 Å². The summed E-state index contributed by atoms with van der Waals surface area (Å²) in [4.78, 5) is 15.9. The zero-order valence-electron chi connectivity index (χ0n) is 18.0. The van der Waals surface area contributed by atoms with E-state index in [1.807, 2.05) is 61.7 Å². The second-order valence-corrected chi connectivity index (χ2v) is 9.98. The first-order valence-electron chi connectivity index (χ1n) is 10.5. The van der Waals surface area contributed by atoms with Crippen LogP contribution in [0.2, 0.25) is 5.02 Å². The molecule has 0 bridgehead atoms. The molecule has 0 saturated carbocycles. The van der Waals surface area contributed by atoms with Crippen LogP contribution in [-0.2, 0) is 14.8 Å². The summed E-state index contributed by atoms with van der Waals surface area (Å²) in [6, 6.07) is 21.9. The average Bonchev–Trinajstić information content (AvgIpc) is 3.23. The minimum Gasteiger partial charge on any atom is -0.361 e. The number of nitrogens with one attached hydrogen (secondary N) is 3. The van der Waals surface area contributed by atoms with Gasteiger partial charge in [0.2, 0.25) is 15.9 Å². The first-order valence-corrected chi connectivity index (χ1v) is 12.3. The minimum atomic E-state index is -3.78. The Morgan fingerprint density at radius 2 is 1.67 bits per heavy atom. The molecule has 33 heavy (non-hydrogen) atoms. The number of sulfonamides is 1. The number of H-pyrrole nitrogens is 1. The van der Waals surface area contributed by atoms with Crippen molar-refractivity contribution in [3.8, 4) is 0 Å². The van der Waals surface area contributed by atoms with Crippen molar-refractivity contribution in [3.05, 3.63) is 101 Å². The van der Waals surface area contributed by atoms with Crippen LogP contribution >= 0.6 is 11.6 Å². The van der Waals surface area contributed by atoms with Crippen molar-refractivity contribution in [3.63, 3.8) is 0 Å². The number of para-hydroxylation sites is 1. The summed E-state index contributed by atoms with van der Waals surface area (Å²) in [6.07, 6.45) is 1.92. The number of aromatic nitrogens is 1. The van der Waals surface area contributed by atoms with Gasteiger partial charge in [0.25, 0.3) is 0 Å². The first kappa shape index (κ1) is 23.0. The molecule has 6 nitrogen and oxygen atoms in total. The van der Waals surface area contributed by atoms with Crippen LogP contribution in [0.3, 0.4) is 0 Å². The zero-order valence-corrected chi connectivity index (χ0v) is 19.6. The van der Waals surface area contributed by atoms with E-state index in [4.69, 9.17) is 11.6 Å². The molecular weight excluding hydrogens is 458 g/mol. The van der Waals surface area contributed by atoms with E-state index in [9.17, 15) is 13.2 Å². The van der Waals surface area contributed by atoms with Crippen molar-refractivity contribution in [2.24, 2.45) is 0 Å². The van der Waals surface area contributed by atoms with Gasteiger partial charge < -0.3 is 10.3 Å². The van der Waals surface area contributed by atoms with E-state index in [2.05, 4.69) is 15.0 Å². The Kier molecular flexibility index (Phi) is 6.83. The molecule has 1 atom stereocenters. The molecule has 3 N–H and O–H groups in total. The Labute approximate surface area is 198 Å². The van der Waals surface area contributed by atoms with E-state index >= 15 is 0 Å². The van der Waals surface area contributed by atoms with Crippen molar-refractivity contribution >= 4 is 38.4 Å². The molecule has 0 saturated heterocycles. The lowest BCUT2D eigenvalue weighted by Gasteiger charge is -2.19. The molecular formula is C25H24ClN3O3S. The minimum absolute atomic E-state index is 0.119. The van der Waals surface area contributed by atoms with E-state index in [1.165, 1.54) is 12.1 Å².